The number of nitrogens with zero attached hydrogens (tertiary/aromatic N) is 2. The lowest BCUT2D eigenvalue weighted by molar-refractivity contribution is 0.0854. The molecule has 2 amide bonds. The number of rotatable bonds is 6. The highest BCUT2D eigenvalue weighted by Crippen LogP contribution is 2.22. The number of hydrogen-bond donors (Lipinski definition) is 1. The largest absolute Gasteiger partial charge is 0.334 e. The van der Waals surface area contributed by atoms with E-state index in [1.165, 1.54) is 20.2 Å². The van der Waals surface area contributed by atoms with Gasteiger partial charge in [0, 0.05) is 45.2 Å². The molecule has 2 aromatic rings. The first-order valence-electron chi connectivity index (χ1n) is 9.93. The summed E-state index contributed by atoms with van der Waals surface area (Å²) in [6.45, 7) is 1.10. The molecule has 1 saturated heterocycles. The second-order valence-corrected chi connectivity index (χ2v) is 9.67. The van der Waals surface area contributed by atoms with Gasteiger partial charge < -0.3 is 10.2 Å². The number of carbonyl (C=O) groups is 2. The minimum Gasteiger partial charge on any atom is -0.334 e. The minimum atomic E-state index is -3.59. The molecule has 160 valence electrons. The van der Waals surface area contributed by atoms with Gasteiger partial charge in [-0.25, -0.2) is 17.5 Å². The molecular weight excluding hydrogens is 402 g/mol. The summed E-state index contributed by atoms with van der Waals surface area (Å²) in [5.41, 5.74) is 1.24. The number of nitrogens with one attached hydrogen (secondary N) is 1. The highest BCUT2D eigenvalue weighted by molar-refractivity contribution is 7.89. The van der Waals surface area contributed by atoms with Crippen LogP contribution in [0, 0.1) is 5.92 Å². The molecule has 0 saturated carbocycles. The highest BCUT2D eigenvalue weighted by atomic mass is 32.2. The third-order valence-electron chi connectivity index (χ3n) is 5.37. The number of urea groups is 1. The van der Waals surface area contributed by atoms with Crippen molar-refractivity contribution in [2.24, 2.45) is 5.92 Å². The van der Waals surface area contributed by atoms with Gasteiger partial charge >= 0.3 is 6.03 Å². The highest BCUT2D eigenvalue weighted by Gasteiger charge is 2.28. The normalized spacial score (nSPS) is 15.2. The first-order chi connectivity index (χ1) is 14.3. The summed E-state index contributed by atoms with van der Waals surface area (Å²) in [6, 6.07) is 15.6. The summed E-state index contributed by atoms with van der Waals surface area (Å²) < 4.78 is 26.1. The maximum Gasteiger partial charge on any atom is 0.317 e. The number of piperidine rings is 1. The quantitative estimate of drug-likeness (QED) is 0.716. The van der Waals surface area contributed by atoms with E-state index >= 15 is 0 Å². The van der Waals surface area contributed by atoms with Crippen molar-refractivity contribution >= 4 is 21.8 Å². The Bertz CT molecular complexity index is 998. The van der Waals surface area contributed by atoms with Crippen LogP contribution in [-0.2, 0) is 16.6 Å². The first kappa shape index (κ1) is 22.0. The number of amides is 2. The SMILES string of the molecule is CN(C)S(=O)(=O)c1ccccc1CNC(=O)N1CCC(C(=O)c2ccccc2)CC1. The standard InChI is InChI=1S/C22H27N3O4S/c1-24(2)30(28,29)20-11-7-6-10-19(20)16-23-22(27)25-14-12-18(13-15-25)21(26)17-8-4-3-5-9-17/h3-11,18H,12-16H2,1-2H3,(H,23,27). The van der Waals surface area contributed by atoms with Crippen LogP contribution in [-0.4, -0.2) is 56.6 Å². The van der Waals surface area contributed by atoms with E-state index in [-0.39, 0.29) is 29.2 Å². The summed E-state index contributed by atoms with van der Waals surface area (Å²) >= 11 is 0. The third kappa shape index (κ3) is 4.88. The van der Waals surface area contributed by atoms with Crippen molar-refractivity contribution in [1.82, 2.24) is 14.5 Å². The van der Waals surface area contributed by atoms with Gasteiger partial charge in [-0.15, -0.1) is 0 Å². The second kappa shape index (κ2) is 9.40. The molecule has 30 heavy (non-hydrogen) atoms. The molecule has 2 aromatic carbocycles. The summed E-state index contributed by atoms with van der Waals surface area (Å²) in [7, 11) is -0.637. The summed E-state index contributed by atoms with van der Waals surface area (Å²) in [6.07, 6.45) is 1.24. The fraction of sp³-hybridized carbons (Fsp3) is 0.364. The summed E-state index contributed by atoms with van der Waals surface area (Å²) in [4.78, 5) is 27.0. The molecule has 1 N–H and O–H groups in total. The molecular formula is C22H27N3O4S. The molecule has 0 aromatic heterocycles. The van der Waals surface area contributed by atoms with Crippen LogP contribution in [0.15, 0.2) is 59.5 Å². The van der Waals surface area contributed by atoms with Crippen LogP contribution in [0.3, 0.4) is 0 Å². The maximum atomic E-state index is 12.6. The fourth-order valence-corrected chi connectivity index (χ4v) is 4.68. The lowest BCUT2D eigenvalue weighted by Crippen LogP contribution is -2.45. The van der Waals surface area contributed by atoms with Crippen LogP contribution < -0.4 is 5.32 Å². The van der Waals surface area contributed by atoms with E-state index in [1.807, 2.05) is 30.3 Å². The molecule has 0 aliphatic carbocycles. The van der Waals surface area contributed by atoms with Gasteiger partial charge in [0.25, 0.3) is 0 Å². The molecule has 0 unspecified atom stereocenters. The van der Waals surface area contributed by atoms with Gasteiger partial charge in [-0.2, -0.15) is 0 Å². The number of ketones is 1. The van der Waals surface area contributed by atoms with Crippen molar-refractivity contribution in [2.75, 3.05) is 27.2 Å². The smallest absolute Gasteiger partial charge is 0.317 e. The van der Waals surface area contributed by atoms with E-state index in [1.54, 1.807) is 23.1 Å². The third-order valence-corrected chi connectivity index (χ3v) is 7.29. The van der Waals surface area contributed by atoms with Gasteiger partial charge in [-0.3, -0.25) is 4.79 Å². The van der Waals surface area contributed by atoms with Gasteiger partial charge in [0.05, 0.1) is 4.90 Å². The van der Waals surface area contributed by atoms with Crippen LogP contribution in [0.2, 0.25) is 0 Å². The number of hydrogen-bond acceptors (Lipinski definition) is 4. The molecule has 0 bridgehead atoms. The number of sulfonamides is 1. The monoisotopic (exact) mass is 429 g/mol. The lowest BCUT2D eigenvalue weighted by Gasteiger charge is -2.31. The fourth-order valence-electron chi connectivity index (χ4n) is 3.56. The number of benzene rings is 2. The topological polar surface area (TPSA) is 86.8 Å². The van der Waals surface area contributed by atoms with Crippen LogP contribution in [0.4, 0.5) is 4.79 Å². The molecule has 7 nitrogen and oxygen atoms in total. The molecule has 0 spiro atoms. The van der Waals surface area contributed by atoms with E-state index in [0.717, 1.165) is 4.31 Å². The molecule has 1 aliphatic heterocycles. The predicted molar refractivity (Wildman–Crippen MR) is 115 cm³/mol. The first-order valence-corrected chi connectivity index (χ1v) is 11.4. The molecule has 0 radical (unpaired) electrons. The Balaban J connectivity index is 1.57. The van der Waals surface area contributed by atoms with Crippen molar-refractivity contribution in [2.45, 2.75) is 24.3 Å². The number of Topliss-reactive ketones (excluding diaryl/α,β-unsaturated/α-hetero) is 1. The van der Waals surface area contributed by atoms with E-state index in [0.29, 0.717) is 37.1 Å². The average Bonchev–Trinajstić information content (AvgIpc) is 2.77. The van der Waals surface area contributed by atoms with Crippen molar-refractivity contribution in [3.05, 3.63) is 65.7 Å². The minimum absolute atomic E-state index is 0.0811. The van der Waals surface area contributed by atoms with Crippen LogP contribution in [0.25, 0.3) is 0 Å². The molecule has 8 heteroatoms. The van der Waals surface area contributed by atoms with E-state index in [2.05, 4.69) is 5.32 Å². The Kier molecular flexibility index (Phi) is 6.89. The molecule has 1 aliphatic rings. The van der Waals surface area contributed by atoms with Gasteiger partial charge in [0.1, 0.15) is 0 Å². The zero-order valence-corrected chi connectivity index (χ0v) is 18.1. The van der Waals surface area contributed by atoms with Crippen LogP contribution in [0.5, 0.6) is 0 Å². The Morgan fingerprint density at radius 2 is 1.60 bits per heavy atom. The van der Waals surface area contributed by atoms with E-state index in [4.69, 9.17) is 0 Å². The Labute approximate surface area is 177 Å². The van der Waals surface area contributed by atoms with Gasteiger partial charge in [0.2, 0.25) is 10.0 Å². The Morgan fingerprint density at radius 3 is 2.23 bits per heavy atom. The van der Waals surface area contributed by atoms with Crippen molar-refractivity contribution < 1.29 is 18.0 Å². The van der Waals surface area contributed by atoms with Crippen molar-refractivity contribution in [3.8, 4) is 0 Å². The van der Waals surface area contributed by atoms with Crippen LogP contribution in [0.1, 0.15) is 28.8 Å². The zero-order chi connectivity index (χ0) is 21.7. The lowest BCUT2D eigenvalue weighted by atomic mass is 9.89. The number of carbonyl (C=O) groups excluding carboxylic acids is 2. The summed E-state index contributed by atoms with van der Waals surface area (Å²) in [5.74, 6) is 0.0425. The Morgan fingerprint density at radius 1 is 1.00 bits per heavy atom. The molecule has 1 heterocycles. The Hall–Kier alpha value is -2.71. The summed E-state index contributed by atoms with van der Waals surface area (Å²) in [5, 5.41) is 2.81. The van der Waals surface area contributed by atoms with Gasteiger partial charge in [0.15, 0.2) is 5.78 Å². The van der Waals surface area contributed by atoms with Crippen LogP contribution >= 0.6 is 0 Å². The molecule has 0 atom stereocenters. The zero-order valence-electron chi connectivity index (χ0n) is 17.2. The molecule has 3 rings (SSSR count). The van der Waals surface area contributed by atoms with Crippen molar-refractivity contribution in [1.29, 1.82) is 0 Å². The molecule has 1 fully saturated rings. The van der Waals surface area contributed by atoms with E-state index in [9.17, 15) is 18.0 Å². The predicted octanol–water partition coefficient (Wildman–Crippen LogP) is 2.74. The van der Waals surface area contributed by atoms with Gasteiger partial charge in [-0.1, -0.05) is 48.5 Å². The second-order valence-electron chi connectivity index (χ2n) is 7.55. The average molecular weight is 430 g/mol. The van der Waals surface area contributed by atoms with E-state index < -0.39 is 10.0 Å². The van der Waals surface area contributed by atoms with Gasteiger partial charge in [-0.05, 0) is 24.5 Å². The van der Waals surface area contributed by atoms with Crippen molar-refractivity contribution in [3.63, 3.8) is 0 Å². The number of likely N-dealkylation sites (tertiary alicyclic amines) is 1. The maximum absolute atomic E-state index is 12.6.